The summed E-state index contributed by atoms with van der Waals surface area (Å²) in [6.07, 6.45) is 4.85. The first-order valence-electron chi connectivity index (χ1n) is 8.35. The molecule has 2 heterocycles. The Balaban J connectivity index is 1.79. The van der Waals surface area contributed by atoms with Crippen molar-refractivity contribution in [2.75, 3.05) is 13.7 Å². The fourth-order valence-electron chi connectivity index (χ4n) is 2.80. The molecule has 0 bridgehead atoms. The summed E-state index contributed by atoms with van der Waals surface area (Å²) in [6, 6.07) is 2.90. The van der Waals surface area contributed by atoms with Crippen LogP contribution in [0.2, 0.25) is 0 Å². The van der Waals surface area contributed by atoms with E-state index in [2.05, 4.69) is 22.5 Å². The number of carbonyl (C=O) groups excluding carboxylic acids is 2. The molecule has 1 aliphatic rings. The molecule has 7 nitrogen and oxygen atoms in total. The standard InChI is InChI=1S/C17H26N4O3/c1-12-6-4-5-9-21(12)16(22)13(2)20-17(23)19-11-14-7-8-15(24-3)18-10-14/h7-8,10,12-13H,4-6,9,11H2,1-3H3,(H2,19,20,23). The van der Waals surface area contributed by atoms with Crippen LogP contribution in [0.3, 0.4) is 0 Å². The van der Waals surface area contributed by atoms with Crippen molar-refractivity contribution in [1.29, 1.82) is 0 Å². The van der Waals surface area contributed by atoms with Crippen molar-refractivity contribution in [3.8, 4) is 5.88 Å². The van der Waals surface area contributed by atoms with Crippen molar-refractivity contribution in [3.05, 3.63) is 23.9 Å². The minimum atomic E-state index is -0.542. The van der Waals surface area contributed by atoms with Crippen molar-refractivity contribution in [1.82, 2.24) is 20.5 Å². The lowest BCUT2D eigenvalue weighted by Gasteiger charge is -2.35. The number of pyridine rings is 1. The summed E-state index contributed by atoms with van der Waals surface area (Å²) in [5, 5.41) is 5.44. The van der Waals surface area contributed by atoms with Crippen molar-refractivity contribution >= 4 is 11.9 Å². The minimum absolute atomic E-state index is 0.0246. The van der Waals surface area contributed by atoms with E-state index in [0.29, 0.717) is 12.4 Å². The summed E-state index contributed by atoms with van der Waals surface area (Å²) >= 11 is 0. The molecule has 0 radical (unpaired) electrons. The molecule has 132 valence electrons. The first kappa shape index (κ1) is 18.0. The summed E-state index contributed by atoms with van der Waals surface area (Å²) in [6.45, 7) is 4.88. The maximum absolute atomic E-state index is 12.4. The third kappa shape index (κ3) is 4.84. The van der Waals surface area contributed by atoms with Crippen LogP contribution in [0.4, 0.5) is 4.79 Å². The number of aromatic nitrogens is 1. The minimum Gasteiger partial charge on any atom is -0.481 e. The molecule has 2 rings (SSSR count). The molecule has 1 aromatic heterocycles. The van der Waals surface area contributed by atoms with Gasteiger partial charge in [-0.05, 0) is 38.7 Å². The van der Waals surface area contributed by atoms with E-state index >= 15 is 0 Å². The van der Waals surface area contributed by atoms with Crippen LogP contribution in [0.1, 0.15) is 38.7 Å². The monoisotopic (exact) mass is 334 g/mol. The number of piperidine rings is 1. The topological polar surface area (TPSA) is 83.6 Å². The highest BCUT2D eigenvalue weighted by molar-refractivity contribution is 5.86. The summed E-state index contributed by atoms with van der Waals surface area (Å²) in [5.74, 6) is 0.501. The van der Waals surface area contributed by atoms with Gasteiger partial charge in [-0.25, -0.2) is 9.78 Å². The number of methoxy groups -OCH3 is 1. The van der Waals surface area contributed by atoms with Gasteiger partial charge in [0.05, 0.1) is 7.11 Å². The number of urea groups is 1. The van der Waals surface area contributed by atoms with Gasteiger partial charge in [0.25, 0.3) is 0 Å². The summed E-state index contributed by atoms with van der Waals surface area (Å²) < 4.78 is 4.99. The maximum atomic E-state index is 12.4. The van der Waals surface area contributed by atoms with Gasteiger partial charge >= 0.3 is 6.03 Å². The Morgan fingerprint density at radius 3 is 2.83 bits per heavy atom. The molecule has 1 fully saturated rings. The van der Waals surface area contributed by atoms with Gasteiger partial charge in [-0.15, -0.1) is 0 Å². The fourth-order valence-corrected chi connectivity index (χ4v) is 2.80. The average molecular weight is 334 g/mol. The first-order valence-corrected chi connectivity index (χ1v) is 8.35. The zero-order chi connectivity index (χ0) is 17.5. The number of hydrogen-bond acceptors (Lipinski definition) is 4. The van der Waals surface area contributed by atoms with Gasteiger partial charge in [-0.3, -0.25) is 4.79 Å². The van der Waals surface area contributed by atoms with Gasteiger partial charge in [-0.1, -0.05) is 6.07 Å². The van der Waals surface area contributed by atoms with Crippen LogP contribution in [0.25, 0.3) is 0 Å². The lowest BCUT2D eigenvalue weighted by Crippen LogP contribution is -2.53. The second-order valence-corrected chi connectivity index (χ2v) is 6.13. The number of rotatable bonds is 5. The lowest BCUT2D eigenvalue weighted by atomic mass is 10.0. The van der Waals surface area contributed by atoms with Gasteiger partial charge in [-0.2, -0.15) is 0 Å². The number of ether oxygens (including phenoxy) is 1. The van der Waals surface area contributed by atoms with Crippen LogP contribution < -0.4 is 15.4 Å². The Kier molecular flexibility index (Phi) is 6.40. The number of nitrogens with one attached hydrogen (secondary N) is 2. The molecule has 2 N–H and O–H groups in total. The highest BCUT2D eigenvalue weighted by atomic mass is 16.5. The predicted octanol–water partition coefficient (Wildman–Crippen LogP) is 1.68. The number of nitrogens with zero attached hydrogens (tertiary/aromatic N) is 2. The van der Waals surface area contributed by atoms with Crippen molar-refractivity contribution in [2.45, 2.75) is 51.7 Å². The molecular weight excluding hydrogens is 308 g/mol. The van der Waals surface area contributed by atoms with Crippen LogP contribution in [0, 0.1) is 0 Å². The van der Waals surface area contributed by atoms with Crippen LogP contribution in [-0.4, -0.2) is 47.6 Å². The molecule has 7 heteroatoms. The Morgan fingerprint density at radius 2 is 2.21 bits per heavy atom. The number of likely N-dealkylation sites (tertiary alicyclic amines) is 1. The van der Waals surface area contributed by atoms with Gasteiger partial charge in [0.15, 0.2) is 0 Å². The summed E-state index contributed by atoms with van der Waals surface area (Å²) in [5.41, 5.74) is 0.856. The lowest BCUT2D eigenvalue weighted by molar-refractivity contribution is -0.136. The highest BCUT2D eigenvalue weighted by Crippen LogP contribution is 2.17. The van der Waals surface area contributed by atoms with E-state index in [-0.39, 0.29) is 18.0 Å². The molecule has 3 amide bonds. The average Bonchev–Trinajstić information content (AvgIpc) is 2.60. The zero-order valence-electron chi connectivity index (χ0n) is 14.5. The molecule has 0 aromatic carbocycles. The Bertz CT molecular complexity index is 561. The smallest absolute Gasteiger partial charge is 0.315 e. The SMILES string of the molecule is COc1ccc(CNC(=O)NC(C)C(=O)N2CCCCC2C)cn1. The molecule has 0 aliphatic carbocycles. The van der Waals surface area contributed by atoms with Gasteiger partial charge in [0.2, 0.25) is 11.8 Å². The molecular formula is C17H26N4O3. The largest absolute Gasteiger partial charge is 0.481 e. The highest BCUT2D eigenvalue weighted by Gasteiger charge is 2.27. The normalized spacial score (nSPS) is 18.6. The summed E-state index contributed by atoms with van der Waals surface area (Å²) in [4.78, 5) is 30.4. The van der Waals surface area contributed by atoms with E-state index in [1.54, 1.807) is 26.3 Å². The molecule has 1 saturated heterocycles. The van der Waals surface area contributed by atoms with E-state index in [4.69, 9.17) is 4.74 Å². The first-order chi connectivity index (χ1) is 11.5. The van der Waals surface area contributed by atoms with Crippen LogP contribution >= 0.6 is 0 Å². The molecule has 1 aromatic rings. The number of amides is 3. The molecule has 24 heavy (non-hydrogen) atoms. The molecule has 0 saturated carbocycles. The van der Waals surface area contributed by atoms with Crippen LogP contribution in [0.15, 0.2) is 18.3 Å². The van der Waals surface area contributed by atoms with Gasteiger partial charge in [0.1, 0.15) is 6.04 Å². The van der Waals surface area contributed by atoms with Crippen LogP contribution in [-0.2, 0) is 11.3 Å². The van der Waals surface area contributed by atoms with Gasteiger partial charge in [0, 0.05) is 31.4 Å². The Hall–Kier alpha value is -2.31. The Morgan fingerprint density at radius 1 is 1.42 bits per heavy atom. The zero-order valence-corrected chi connectivity index (χ0v) is 14.5. The number of carbonyl (C=O) groups is 2. The Labute approximate surface area is 142 Å². The third-order valence-corrected chi connectivity index (χ3v) is 4.26. The third-order valence-electron chi connectivity index (χ3n) is 4.26. The second kappa shape index (κ2) is 8.52. The van der Waals surface area contributed by atoms with E-state index < -0.39 is 6.04 Å². The molecule has 0 spiro atoms. The second-order valence-electron chi connectivity index (χ2n) is 6.13. The van der Waals surface area contributed by atoms with Crippen molar-refractivity contribution in [3.63, 3.8) is 0 Å². The quantitative estimate of drug-likeness (QED) is 0.858. The fraction of sp³-hybridized carbons (Fsp3) is 0.588. The number of hydrogen-bond donors (Lipinski definition) is 2. The van der Waals surface area contributed by atoms with Crippen molar-refractivity contribution < 1.29 is 14.3 Å². The van der Waals surface area contributed by atoms with E-state index in [1.165, 1.54) is 0 Å². The maximum Gasteiger partial charge on any atom is 0.315 e. The van der Waals surface area contributed by atoms with E-state index in [9.17, 15) is 9.59 Å². The summed E-state index contributed by atoms with van der Waals surface area (Å²) in [7, 11) is 1.55. The van der Waals surface area contributed by atoms with E-state index in [1.807, 2.05) is 11.0 Å². The van der Waals surface area contributed by atoms with Crippen molar-refractivity contribution in [2.24, 2.45) is 0 Å². The molecule has 1 aliphatic heterocycles. The van der Waals surface area contributed by atoms with E-state index in [0.717, 1.165) is 31.4 Å². The molecule has 2 atom stereocenters. The molecule has 2 unspecified atom stereocenters. The van der Waals surface area contributed by atoms with Gasteiger partial charge < -0.3 is 20.3 Å². The predicted molar refractivity (Wildman–Crippen MR) is 90.6 cm³/mol. The van der Waals surface area contributed by atoms with Crippen LogP contribution in [0.5, 0.6) is 5.88 Å².